The van der Waals surface area contributed by atoms with E-state index in [9.17, 15) is 28.8 Å². The van der Waals surface area contributed by atoms with Crippen LogP contribution < -0.4 is 0 Å². The molecule has 0 aromatic carbocycles. The Hall–Kier alpha value is -3.30. The maximum absolute atomic E-state index is 13.7. The number of rotatable bonds is 8. The van der Waals surface area contributed by atoms with Crippen LogP contribution in [0.3, 0.4) is 0 Å². The van der Waals surface area contributed by atoms with E-state index in [-0.39, 0.29) is 52.1 Å². The van der Waals surface area contributed by atoms with E-state index in [0.717, 1.165) is 0 Å². The fourth-order valence-corrected chi connectivity index (χ4v) is 6.70. The van der Waals surface area contributed by atoms with Crippen LogP contribution in [0.1, 0.15) is 53.4 Å². The van der Waals surface area contributed by atoms with E-state index in [2.05, 4.69) is 0 Å². The Labute approximate surface area is 208 Å². The monoisotopic (exact) mass is 502 g/mol. The minimum atomic E-state index is -1.83. The fourth-order valence-electron chi connectivity index (χ4n) is 6.70. The third-order valence-electron chi connectivity index (χ3n) is 8.06. The lowest BCUT2D eigenvalue weighted by Crippen LogP contribution is -2.49. The Morgan fingerprint density at radius 1 is 0.611 bits per heavy atom. The Balaban J connectivity index is 1.88. The highest BCUT2D eigenvalue weighted by Crippen LogP contribution is 2.76. The minimum absolute atomic E-state index is 0.00236. The number of hydrogen-bond acceptors (Lipinski definition) is 10. The molecule has 2 spiro atoms. The zero-order valence-corrected chi connectivity index (χ0v) is 20.9. The number of ether oxygens (including phenoxy) is 4. The van der Waals surface area contributed by atoms with Gasteiger partial charge in [-0.25, -0.2) is 0 Å². The van der Waals surface area contributed by atoms with Crippen LogP contribution >= 0.6 is 0 Å². The van der Waals surface area contributed by atoms with Gasteiger partial charge in [0.25, 0.3) is 0 Å². The van der Waals surface area contributed by atoms with Gasteiger partial charge in [0.15, 0.2) is 22.4 Å². The van der Waals surface area contributed by atoms with Crippen molar-refractivity contribution in [3.8, 4) is 0 Å². The lowest BCUT2D eigenvalue weighted by atomic mass is 9.59. The molecule has 0 amide bonds. The van der Waals surface area contributed by atoms with E-state index in [4.69, 9.17) is 18.9 Å². The SMILES string of the molecule is CCOC(=O)C1(C(=O)OCC)CC2=CC(=O)C34CC(C(=O)OCC)(C(=O)OCC)CC3=CC(=O)C24C1. The largest absolute Gasteiger partial charge is 0.465 e. The summed E-state index contributed by atoms with van der Waals surface area (Å²) in [6.45, 7) is 6.40. The quantitative estimate of drug-likeness (QED) is 0.274. The van der Waals surface area contributed by atoms with Crippen molar-refractivity contribution < 1.29 is 47.7 Å². The van der Waals surface area contributed by atoms with Crippen molar-refractivity contribution in [3.63, 3.8) is 0 Å². The van der Waals surface area contributed by atoms with Gasteiger partial charge in [0, 0.05) is 0 Å². The van der Waals surface area contributed by atoms with E-state index in [1.54, 1.807) is 27.7 Å². The number of ketones is 2. The van der Waals surface area contributed by atoms with Crippen molar-refractivity contribution in [2.24, 2.45) is 21.7 Å². The van der Waals surface area contributed by atoms with Gasteiger partial charge in [-0.1, -0.05) is 0 Å². The first-order valence-corrected chi connectivity index (χ1v) is 12.3. The lowest BCUT2D eigenvalue weighted by molar-refractivity contribution is -0.176. The molecule has 10 heteroatoms. The molecular weight excluding hydrogens is 472 g/mol. The zero-order valence-electron chi connectivity index (χ0n) is 20.9. The van der Waals surface area contributed by atoms with Crippen LogP contribution in [0.15, 0.2) is 23.3 Å². The third kappa shape index (κ3) is 2.96. The summed E-state index contributed by atoms with van der Waals surface area (Å²) >= 11 is 0. The van der Waals surface area contributed by atoms with E-state index in [1.165, 1.54) is 12.2 Å². The molecule has 0 heterocycles. The summed E-state index contributed by atoms with van der Waals surface area (Å²) in [7, 11) is 0. The van der Waals surface area contributed by atoms with Gasteiger partial charge in [-0.3, -0.25) is 28.8 Å². The molecule has 0 radical (unpaired) electrons. The molecule has 36 heavy (non-hydrogen) atoms. The van der Waals surface area contributed by atoms with Crippen molar-refractivity contribution in [3.05, 3.63) is 23.3 Å². The maximum atomic E-state index is 13.7. The highest BCUT2D eigenvalue weighted by atomic mass is 16.6. The normalized spacial score (nSPS) is 28.4. The molecule has 0 aliphatic heterocycles. The molecule has 0 bridgehead atoms. The number of hydrogen-bond donors (Lipinski definition) is 0. The molecule has 2 saturated carbocycles. The first kappa shape index (κ1) is 25.8. The molecule has 2 unspecified atom stereocenters. The topological polar surface area (TPSA) is 139 Å². The minimum Gasteiger partial charge on any atom is -0.465 e. The highest BCUT2D eigenvalue weighted by molar-refractivity contribution is 6.20. The Kier molecular flexibility index (Phi) is 6.21. The average molecular weight is 503 g/mol. The second kappa shape index (κ2) is 8.67. The molecular formula is C26H30O10. The summed E-state index contributed by atoms with van der Waals surface area (Å²) in [6.07, 6.45) is 1.42. The molecule has 194 valence electrons. The Morgan fingerprint density at radius 3 is 1.14 bits per heavy atom. The predicted molar refractivity (Wildman–Crippen MR) is 121 cm³/mol. The second-order valence-electron chi connectivity index (χ2n) is 9.63. The number of esters is 4. The first-order valence-electron chi connectivity index (χ1n) is 12.3. The van der Waals surface area contributed by atoms with Gasteiger partial charge in [0.2, 0.25) is 0 Å². The maximum Gasteiger partial charge on any atom is 0.323 e. The molecule has 4 aliphatic carbocycles. The molecule has 0 aromatic rings. The van der Waals surface area contributed by atoms with Crippen molar-refractivity contribution in [1.29, 1.82) is 0 Å². The van der Waals surface area contributed by atoms with Crippen LogP contribution in [0.4, 0.5) is 0 Å². The standard InChI is InChI=1S/C26H30O10/c1-5-33-19(29)23(20(30)34-6-2)11-15-9-18(28)26-14-24(21(31)35-7-3,22(32)36-8-4)12-16(26)10-17(27)25(15,26)13-23/h9-10H,5-8,11-14H2,1-4H3. The van der Waals surface area contributed by atoms with Gasteiger partial charge >= 0.3 is 23.9 Å². The summed E-state index contributed by atoms with van der Waals surface area (Å²) in [5.41, 5.74) is -6.23. The van der Waals surface area contributed by atoms with Gasteiger partial charge in [0.1, 0.15) is 0 Å². The molecule has 2 fully saturated rings. The van der Waals surface area contributed by atoms with Gasteiger partial charge in [-0.15, -0.1) is 0 Å². The smallest absolute Gasteiger partial charge is 0.323 e. The molecule has 0 saturated heterocycles. The van der Waals surface area contributed by atoms with Crippen LogP contribution in [-0.4, -0.2) is 61.9 Å². The Bertz CT molecular complexity index is 1000. The van der Waals surface area contributed by atoms with Gasteiger partial charge in [-0.05, 0) is 76.7 Å². The van der Waals surface area contributed by atoms with Gasteiger partial charge in [-0.2, -0.15) is 0 Å². The molecule has 4 aliphatic rings. The van der Waals surface area contributed by atoms with Crippen molar-refractivity contribution in [1.82, 2.24) is 0 Å². The lowest BCUT2D eigenvalue weighted by Gasteiger charge is -2.39. The van der Waals surface area contributed by atoms with E-state index in [1.807, 2.05) is 0 Å². The zero-order chi connectivity index (χ0) is 26.5. The third-order valence-corrected chi connectivity index (χ3v) is 8.06. The summed E-state index contributed by atoms with van der Waals surface area (Å²) in [4.78, 5) is 80.0. The van der Waals surface area contributed by atoms with Crippen molar-refractivity contribution in [2.45, 2.75) is 53.4 Å². The number of carbonyl (C=O) groups is 6. The van der Waals surface area contributed by atoms with Crippen LogP contribution in [0.5, 0.6) is 0 Å². The van der Waals surface area contributed by atoms with Crippen molar-refractivity contribution >= 4 is 35.4 Å². The van der Waals surface area contributed by atoms with Crippen LogP contribution in [0.25, 0.3) is 0 Å². The number of carbonyl (C=O) groups excluding carboxylic acids is 6. The van der Waals surface area contributed by atoms with Gasteiger partial charge < -0.3 is 18.9 Å². The Morgan fingerprint density at radius 2 is 0.889 bits per heavy atom. The first-order chi connectivity index (χ1) is 17.1. The predicted octanol–water partition coefficient (Wildman–Crippen LogP) is 1.79. The molecule has 0 aromatic heterocycles. The highest BCUT2D eigenvalue weighted by Gasteiger charge is 2.81. The van der Waals surface area contributed by atoms with E-state index in [0.29, 0.717) is 11.1 Å². The van der Waals surface area contributed by atoms with Gasteiger partial charge in [0.05, 0.1) is 37.3 Å². The molecule has 0 N–H and O–H groups in total. The molecule has 2 atom stereocenters. The summed E-state index contributed by atoms with van der Waals surface area (Å²) < 4.78 is 20.9. The molecule has 10 nitrogen and oxygen atoms in total. The fraction of sp³-hybridized carbons (Fsp3) is 0.615. The summed E-state index contributed by atoms with van der Waals surface area (Å²) in [5, 5.41) is 0. The van der Waals surface area contributed by atoms with Crippen LogP contribution in [-0.2, 0) is 47.7 Å². The number of allylic oxidation sites excluding steroid dienone is 4. The second-order valence-corrected chi connectivity index (χ2v) is 9.63. The molecule has 4 rings (SSSR count). The summed E-state index contributed by atoms with van der Waals surface area (Å²) in [5.74, 6) is -4.22. The van der Waals surface area contributed by atoms with Crippen LogP contribution in [0, 0.1) is 21.7 Å². The van der Waals surface area contributed by atoms with E-state index < -0.39 is 57.1 Å². The summed E-state index contributed by atoms with van der Waals surface area (Å²) in [6, 6.07) is 0. The van der Waals surface area contributed by atoms with Crippen LogP contribution in [0.2, 0.25) is 0 Å². The van der Waals surface area contributed by atoms with Crippen molar-refractivity contribution in [2.75, 3.05) is 26.4 Å². The van der Waals surface area contributed by atoms with E-state index >= 15 is 0 Å². The average Bonchev–Trinajstić information content (AvgIpc) is 3.48.